The summed E-state index contributed by atoms with van der Waals surface area (Å²) in [6.45, 7) is 2.81. The lowest BCUT2D eigenvalue weighted by atomic mass is 9.95. The summed E-state index contributed by atoms with van der Waals surface area (Å²) in [5, 5.41) is 10.9. The van der Waals surface area contributed by atoms with Crippen LogP contribution in [-0.2, 0) is 14.3 Å². The molecule has 0 spiro atoms. The Bertz CT molecular complexity index is 856. The van der Waals surface area contributed by atoms with Crippen molar-refractivity contribution < 1.29 is 19.4 Å². The zero-order valence-corrected chi connectivity index (χ0v) is 15.5. The lowest BCUT2D eigenvalue weighted by Crippen LogP contribution is -2.31. The van der Waals surface area contributed by atoms with E-state index in [0.29, 0.717) is 25.1 Å². The average molecular weight is 365 g/mol. The molecule has 2 aromatic rings. The van der Waals surface area contributed by atoms with E-state index < -0.39 is 17.7 Å². The van der Waals surface area contributed by atoms with Crippen LogP contribution in [0.4, 0.5) is 0 Å². The molecule has 1 atom stereocenters. The second-order valence-corrected chi connectivity index (χ2v) is 6.62. The van der Waals surface area contributed by atoms with Crippen molar-refractivity contribution in [3.05, 3.63) is 76.9 Å². The Morgan fingerprint density at radius 3 is 2.37 bits per heavy atom. The predicted molar refractivity (Wildman–Crippen MR) is 103 cm³/mol. The molecule has 1 aliphatic heterocycles. The van der Waals surface area contributed by atoms with Gasteiger partial charge in [0.25, 0.3) is 11.7 Å². The molecule has 0 saturated carbocycles. The SMILES string of the molecule is COCCCN1C(=O)C(=O)C(=C(O)c2ccc(C)cc2)[C@@H]1c1ccccc1. The van der Waals surface area contributed by atoms with Crippen LogP contribution in [0.15, 0.2) is 60.2 Å². The number of aliphatic hydroxyl groups is 1. The molecular weight excluding hydrogens is 342 g/mol. The summed E-state index contributed by atoms with van der Waals surface area (Å²) in [5.74, 6) is -1.38. The van der Waals surface area contributed by atoms with E-state index >= 15 is 0 Å². The van der Waals surface area contributed by atoms with Crippen molar-refractivity contribution in [2.75, 3.05) is 20.3 Å². The van der Waals surface area contributed by atoms with Gasteiger partial charge < -0.3 is 14.7 Å². The Hall–Kier alpha value is -2.92. The minimum absolute atomic E-state index is 0.132. The molecule has 0 radical (unpaired) electrons. The molecule has 1 amide bonds. The number of Topliss-reactive ketones (excluding diaryl/α,β-unsaturated/α-hetero) is 1. The fraction of sp³-hybridized carbons (Fsp3) is 0.273. The van der Waals surface area contributed by atoms with Gasteiger partial charge in [-0.05, 0) is 18.9 Å². The standard InChI is InChI=1S/C22H23NO4/c1-15-9-11-17(12-10-15)20(24)18-19(16-7-4-3-5-8-16)23(13-6-14-27-2)22(26)21(18)25/h3-5,7-12,19,24H,6,13-14H2,1-2H3/t19-/m0/s1. The molecule has 0 aliphatic carbocycles. The molecule has 5 nitrogen and oxygen atoms in total. The number of rotatable bonds is 6. The summed E-state index contributed by atoms with van der Waals surface area (Å²) in [5.41, 5.74) is 2.50. The van der Waals surface area contributed by atoms with Crippen molar-refractivity contribution in [1.82, 2.24) is 4.90 Å². The lowest BCUT2D eigenvalue weighted by Gasteiger charge is -2.25. The molecule has 0 aromatic heterocycles. The first-order chi connectivity index (χ1) is 13.0. The molecule has 0 unspecified atom stereocenters. The van der Waals surface area contributed by atoms with E-state index in [0.717, 1.165) is 11.1 Å². The summed E-state index contributed by atoms with van der Waals surface area (Å²) in [7, 11) is 1.60. The molecule has 5 heteroatoms. The van der Waals surface area contributed by atoms with Crippen LogP contribution in [0.1, 0.15) is 29.2 Å². The number of amides is 1. The van der Waals surface area contributed by atoms with E-state index in [1.807, 2.05) is 49.4 Å². The highest BCUT2D eigenvalue weighted by Crippen LogP contribution is 2.39. The normalized spacial score (nSPS) is 18.9. The van der Waals surface area contributed by atoms with Gasteiger partial charge in [0.15, 0.2) is 0 Å². The summed E-state index contributed by atoms with van der Waals surface area (Å²) in [4.78, 5) is 27.0. The Labute approximate surface area is 158 Å². The van der Waals surface area contributed by atoms with Gasteiger partial charge in [-0.15, -0.1) is 0 Å². The Morgan fingerprint density at radius 1 is 1.07 bits per heavy atom. The molecule has 1 aliphatic rings. The summed E-state index contributed by atoms with van der Waals surface area (Å²) >= 11 is 0. The second kappa shape index (κ2) is 8.18. The fourth-order valence-corrected chi connectivity index (χ4v) is 3.34. The van der Waals surface area contributed by atoms with E-state index in [1.165, 1.54) is 4.90 Å². The number of benzene rings is 2. The van der Waals surface area contributed by atoms with Crippen LogP contribution in [-0.4, -0.2) is 42.0 Å². The number of likely N-dealkylation sites (tertiary alicyclic amines) is 1. The number of hydrogen-bond acceptors (Lipinski definition) is 4. The third kappa shape index (κ3) is 3.78. The van der Waals surface area contributed by atoms with E-state index in [-0.39, 0.29) is 11.3 Å². The molecule has 1 N–H and O–H groups in total. The lowest BCUT2D eigenvalue weighted by molar-refractivity contribution is -0.140. The van der Waals surface area contributed by atoms with Crippen LogP contribution in [0.25, 0.3) is 5.76 Å². The molecule has 2 aromatic carbocycles. The van der Waals surface area contributed by atoms with E-state index in [9.17, 15) is 14.7 Å². The van der Waals surface area contributed by atoms with Gasteiger partial charge in [0, 0.05) is 25.8 Å². The first-order valence-electron chi connectivity index (χ1n) is 8.94. The third-order valence-electron chi connectivity index (χ3n) is 4.73. The summed E-state index contributed by atoms with van der Waals surface area (Å²) in [6, 6.07) is 15.9. The van der Waals surface area contributed by atoms with Crippen molar-refractivity contribution in [2.45, 2.75) is 19.4 Å². The first-order valence-corrected chi connectivity index (χ1v) is 8.94. The van der Waals surface area contributed by atoms with Crippen LogP contribution < -0.4 is 0 Å². The predicted octanol–water partition coefficient (Wildman–Crippen LogP) is 3.45. The quantitative estimate of drug-likeness (QED) is 0.368. The highest BCUT2D eigenvalue weighted by atomic mass is 16.5. The van der Waals surface area contributed by atoms with Gasteiger partial charge in [0.05, 0.1) is 11.6 Å². The van der Waals surface area contributed by atoms with Crippen LogP contribution in [0.5, 0.6) is 0 Å². The number of aryl methyl sites for hydroxylation is 1. The monoisotopic (exact) mass is 365 g/mol. The number of carbonyl (C=O) groups is 2. The maximum Gasteiger partial charge on any atom is 0.295 e. The van der Waals surface area contributed by atoms with Gasteiger partial charge in [-0.3, -0.25) is 9.59 Å². The highest BCUT2D eigenvalue weighted by molar-refractivity contribution is 6.46. The van der Waals surface area contributed by atoms with Gasteiger partial charge in [-0.25, -0.2) is 0 Å². The number of carbonyl (C=O) groups excluding carboxylic acids is 2. The zero-order chi connectivity index (χ0) is 19.4. The Balaban J connectivity index is 2.09. The van der Waals surface area contributed by atoms with E-state index in [4.69, 9.17) is 4.74 Å². The van der Waals surface area contributed by atoms with Crippen molar-refractivity contribution in [2.24, 2.45) is 0 Å². The highest BCUT2D eigenvalue weighted by Gasteiger charge is 2.45. The first kappa shape index (κ1) is 18.9. The minimum atomic E-state index is -0.653. The van der Waals surface area contributed by atoms with Crippen molar-refractivity contribution in [3.8, 4) is 0 Å². The second-order valence-electron chi connectivity index (χ2n) is 6.62. The molecular formula is C22H23NO4. The smallest absolute Gasteiger partial charge is 0.295 e. The minimum Gasteiger partial charge on any atom is -0.507 e. The van der Waals surface area contributed by atoms with Crippen molar-refractivity contribution in [3.63, 3.8) is 0 Å². The summed E-state index contributed by atoms with van der Waals surface area (Å²) in [6.07, 6.45) is 0.609. The number of nitrogens with zero attached hydrogens (tertiary/aromatic N) is 1. The van der Waals surface area contributed by atoms with Crippen molar-refractivity contribution in [1.29, 1.82) is 0 Å². The molecule has 1 heterocycles. The molecule has 0 bridgehead atoms. The van der Waals surface area contributed by atoms with Gasteiger partial charge >= 0.3 is 0 Å². The number of aliphatic hydroxyl groups excluding tert-OH is 1. The van der Waals surface area contributed by atoms with Crippen LogP contribution in [0.3, 0.4) is 0 Å². The number of hydrogen-bond donors (Lipinski definition) is 1. The van der Waals surface area contributed by atoms with Crippen LogP contribution in [0.2, 0.25) is 0 Å². The molecule has 1 saturated heterocycles. The van der Waals surface area contributed by atoms with Crippen LogP contribution in [0, 0.1) is 6.92 Å². The van der Waals surface area contributed by atoms with Crippen LogP contribution >= 0.6 is 0 Å². The van der Waals surface area contributed by atoms with Gasteiger partial charge in [-0.1, -0.05) is 60.2 Å². The van der Waals surface area contributed by atoms with E-state index in [2.05, 4.69) is 0 Å². The Kier molecular flexibility index (Phi) is 5.72. The number of ether oxygens (including phenoxy) is 1. The van der Waals surface area contributed by atoms with Crippen molar-refractivity contribution >= 4 is 17.4 Å². The molecule has 140 valence electrons. The molecule has 1 fully saturated rings. The van der Waals surface area contributed by atoms with E-state index in [1.54, 1.807) is 19.2 Å². The van der Waals surface area contributed by atoms with Gasteiger partial charge in [-0.2, -0.15) is 0 Å². The zero-order valence-electron chi connectivity index (χ0n) is 15.5. The molecule has 3 rings (SSSR count). The topological polar surface area (TPSA) is 66.8 Å². The third-order valence-corrected chi connectivity index (χ3v) is 4.73. The Morgan fingerprint density at radius 2 is 1.74 bits per heavy atom. The molecule has 27 heavy (non-hydrogen) atoms. The number of methoxy groups -OCH3 is 1. The maximum atomic E-state index is 12.8. The average Bonchev–Trinajstić information content (AvgIpc) is 2.94. The van der Waals surface area contributed by atoms with Gasteiger partial charge in [0.1, 0.15) is 5.76 Å². The number of ketones is 1. The summed E-state index contributed by atoms with van der Waals surface area (Å²) < 4.78 is 5.08. The maximum absolute atomic E-state index is 12.8. The largest absolute Gasteiger partial charge is 0.507 e. The fourth-order valence-electron chi connectivity index (χ4n) is 3.34. The van der Waals surface area contributed by atoms with Gasteiger partial charge in [0.2, 0.25) is 0 Å².